The molecule has 0 unspecified atom stereocenters. The molecule has 25 heavy (non-hydrogen) atoms. The number of carbonyl (C=O) groups is 2. The van der Waals surface area contributed by atoms with E-state index in [4.69, 9.17) is 27.9 Å². The molecule has 0 fully saturated rings. The topological polar surface area (TPSA) is 67.4 Å². The Morgan fingerprint density at radius 1 is 0.960 bits per heavy atom. The molecule has 0 bridgehead atoms. The molecule has 0 atom stereocenters. The van der Waals surface area contributed by atoms with Crippen molar-refractivity contribution in [2.75, 3.05) is 19.7 Å². The summed E-state index contributed by atoms with van der Waals surface area (Å²) in [5.41, 5.74) is 1.53. The minimum Gasteiger partial charge on any atom is -0.484 e. The van der Waals surface area contributed by atoms with Crippen molar-refractivity contribution in [1.82, 2.24) is 10.6 Å². The largest absolute Gasteiger partial charge is 0.484 e. The highest BCUT2D eigenvalue weighted by molar-refractivity contribution is 6.42. The Labute approximate surface area is 156 Å². The number of amides is 2. The van der Waals surface area contributed by atoms with Gasteiger partial charge < -0.3 is 15.4 Å². The second-order valence-electron chi connectivity index (χ2n) is 5.34. The second kappa shape index (κ2) is 9.30. The van der Waals surface area contributed by atoms with E-state index < -0.39 is 0 Å². The summed E-state index contributed by atoms with van der Waals surface area (Å²) in [4.78, 5) is 23.6. The SMILES string of the molecule is Cc1ccc(OCC(=O)NCCNC(=O)c2ccc(Cl)c(Cl)c2)cc1. The minimum atomic E-state index is -0.288. The minimum absolute atomic E-state index is 0.0796. The molecule has 2 amide bonds. The van der Waals surface area contributed by atoms with Gasteiger partial charge in [-0.05, 0) is 37.3 Å². The van der Waals surface area contributed by atoms with E-state index in [-0.39, 0.29) is 25.0 Å². The monoisotopic (exact) mass is 380 g/mol. The van der Waals surface area contributed by atoms with Gasteiger partial charge in [-0.1, -0.05) is 40.9 Å². The zero-order valence-electron chi connectivity index (χ0n) is 13.6. The van der Waals surface area contributed by atoms with E-state index in [2.05, 4.69) is 10.6 Å². The Hall–Kier alpha value is -2.24. The molecule has 2 N–H and O–H groups in total. The maximum atomic E-state index is 11.9. The zero-order chi connectivity index (χ0) is 18.2. The summed E-state index contributed by atoms with van der Waals surface area (Å²) in [6, 6.07) is 12.1. The van der Waals surface area contributed by atoms with Crippen molar-refractivity contribution in [2.45, 2.75) is 6.92 Å². The first-order valence-corrected chi connectivity index (χ1v) is 8.41. The number of rotatable bonds is 7. The molecule has 2 rings (SSSR count). The number of halogens is 2. The van der Waals surface area contributed by atoms with Crippen LogP contribution in [0.25, 0.3) is 0 Å². The van der Waals surface area contributed by atoms with Crippen molar-refractivity contribution in [3.63, 3.8) is 0 Å². The van der Waals surface area contributed by atoms with Gasteiger partial charge in [0, 0.05) is 18.7 Å². The van der Waals surface area contributed by atoms with Crippen molar-refractivity contribution in [3.8, 4) is 5.75 Å². The van der Waals surface area contributed by atoms with Crippen LogP contribution in [0.2, 0.25) is 10.0 Å². The molecule has 5 nitrogen and oxygen atoms in total. The molecule has 0 aliphatic carbocycles. The Morgan fingerprint density at radius 2 is 1.64 bits per heavy atom. The van der Waals surface area contributed by atoms with Gasteiger partial charge in [0.15, 0.2) is 6.61 Å². The average Bonchev–Trinajstić information content (AvgIpc) is 2.60. The van der Waals surface area contributed by atoms with Crippen molar-refractivity contribution >= 4 is 35.0 Å². The van der Waals surface area contributed by atoms with Gasteiger partial charge in [-0.2, -0.15) is 0 Å². The molecular weight excluding hydrogens is 363 g/mol. The van der Waals surface area contributed by atoms with Crippen LogP contribution in [-0.4, -0.2) is 31.5 Å². The standard InChI is InChI=1S/C18H18Cl2N2O3/c1-12-2-5-14(6-3-12)25-11-17(23)21-8-9-22-18(24)13-4-7-15(19)16(20)10-13/h2-7,10H,8-9,11H2,1H3,(H,21,23)(H,22,24). The fourth-order valence-corrected chi connectivity index (χ4v) is 2.25. The summed E-state index contributed by atoms with van der Waals surface area (Å²) in [6.07, 6.45) is 0. The van der Waals surface area contributed by atoms with Crippen LogP contribution in [0, 0.1) is 6.92 Å². The summed E-state index contributed by atoms with van der Waals surface area (Å²) in [7, 11) is 0. The van der Waals surface area contributed by atoms with E-state index in [9.17, 15) is 9.59 Å². The number of aryl methyl sites for hydroxylation is 1. The predicted octanol–water partition coefficient (Wildman–Crippen LogP) is 3.23. The highest BCUT2D eigenvalue weighted by Gasteiger charge is 2.08. The van der Waals surface area contributed by atoms with Crippen LogP contribution in [0.15, 0.2) is 42.5 Å². The molecule has 0 aliphatic heterocycles. The zero-order valence-corrected chi connectivity index (χ0v) is 15.2. The number of benzene rings is 2. The van der Waals surface area contributed by atoms with Gasteiger partial charge in [0.1, 0.15) is 5.75 Å². The Morgan fingerprint density at radius 3 is 2.32 bits per heavy atom. The van der Waals surface area contributed by atoms with E-state index in [1.165, 1.54) is 6.07 Å². The maximum Gasteiger partial charge on any atom is 0.258 e. The highest BCUT2D eigenvalue weighted by atomic mass is 35.5. The van der Waals surface area contributed by atoms with Crippen molar-refractivity contribution in [2.24, 2.45) is 0 Å². The quantitative estimate of drug-likeness (QED) is 0.724. The summed E-state index contributed by atoms with van der Waals surface area (Å²) >= 11 is 11.7. The molecule has 2 aromatic carbocycles. The van der Waals surface area contributed by atoms with E-state index >= 15 is 0 Å². The van der Waals surface area contributed by atoms with Gasteiger partial charge in [0.25, 0.3) is 11.8 Å². The molecule has 0 aliphatic rings. The van der Waals surface area contributed by atoms with Crippen LogP contribution in [0.4, 0.5) is 0 Å². The van der Waals surface area contributed by atoms with Crippen LogP contribution in [-0.2, 0) is 4.79 Å². The Bertz CT molecular complexity index is 748. The number of carbonyl (C=O) groups excluding carboxylic acids is 2. The maximum absolute atomic E-state index is 11.9. The van der Waals surface area contributed by atoms with Crippen molar-refractivity contribution in [1.29, 1.82) is 0 Å². The predicted molar refractivity (Wildman–Crippen MR) is 98.5 cm³/mol. The third-order valence-electron chi connectivity index (χ3n) is 3.31. The lowest BCUT2D eigenvalue weighted by molar-refractivity contribution is -0.123. The van der Waals surface area contributed by atoms with Crippen LogP contribution >= 0.6 is 23.2 Å². The fraction of sp³-hybridized carbons (Fsp3) is 0.222. The van der Waals surface area contributed by atoms with Gasteiger partial charge in [-0.3, -0.25) is 9.59 Å². The number of ether oxygens (including phenoxy) is 1. The van der Waals surface area contributed by atoms with Gasteiger partial charge >= 0.3 is 0 Å². The van der Waals surface area contributed by atoms with Crippen LogP contribution in [0.1, 0.15) is 15.9 Å². The molecule has 0 aromatic heterocycles. The Kier molecular flexibility index (Phi) is 7.10. The summed E-state index contributed by atoms with van der Waals surface area (Å²) < 4.78 is 5.37. The van der Waals surface area contributed by atoms with Crippen molar-refractivity contribution in [3.05, 3.63) is 63.6 Å². The molecule has 0 radical (unpaired) electrons. The van der Waals surface area contributed by atoms with Gasteiger partial charge in [0.2, 0.25) is 0 Å². The molecule has 7 heteroatoms. The molecule has 0 saturated carbocycles. The van der Waals surface area contributed by atoms with Gasteiger partial charge in [-0.15, -0.1) is 0 Å². The number of hydrogen-bond donors (Lipinski definition) is 2. The van der Waals surface area contributed by atoms with E-state index in [0.29, 0.717) is 27.9 Å². The third-order valence-corrected chi connectivity index (χ3v) is 4.04. The third kappa shape index (κ3) is 6.29. The number of hydrogen-bond acceptors (Lipinski definition) is 3. The molecule has 2 aromatic rings. The van der Waals surface area contributed by atoms with Crippen LogP contribution < -0.4 is 15.4 Å². The van der Waals surface area contributed by atoms with Gasteiger partial charge in [-0.25, -0.2) is 0 Å². The highest BCUT2D eigenvalue weighted by Crippen LogP contribution is 2.22. The Balaban J connectivity index is 1.66. The molecule has 0 saturated heterocycles. The second-order valence-corrected chi connectivity index (χ2v) is 6.15. The fourth-order valence-electron chi connectivity index (χ4n) is 1.95. The summed E-state index contributed by atoms with van der Waals surface area (Å²) in [5, 5.41) is 6.05. The summed E-state index contributed by atoms with van der Waals surface area (Å²) in [5.74, 6) is 0.0850. The first kappa shape index (κ1) is 19.1. The lowest BCUT2D eigenvalue weighted by Gasteiger charge is -2.09. The lowest BCUT2D eigenvalue weighted by Crippen LogP contribution is -2.36. The normalized spacial score (nSPS) is 10.2. The smallest absolute Gasteiger partial charge is 0.258 e. The molecule has 0 spiro atoms. The average molecular weight is 381 g/mol. The van der Waals surface area contributed by atoms with Crippen molar-refractivity contribution < 1.29 is 14.3 Å². The first-order chi connectivity index (χ1) is 12.0. The van der Waals surface area contributed by atoms with E-state index in [1.54, 1.807) is 24.3 Å². The van der Waals surface area contributed by atoms with E-state index in [1.807, 2.05) is 19.1 Å². The summed E-state index contributed by atoms with van der Waals surface area (Å²) in [6.45, 7) is 2.48. The van der Waals surface area contributed by atoms with Gasteiger partial charge in [0.05, 0.1) is 10.0 Å². The van der Waals surface area contributed by atoms with Crippen LogP contribution in [0.5, 0.6) is 5.75 Å². The molecular formula is C18H18Cl2N2O3. The van der Waals surface area contributed by atoms with E-state index in [0.717, 1.165) is 5.56 Å². The number of nitrogens with one attached hydrogen (secondary N) is 2. The lowest BCUT2D eigenvalue weighted by atomic mass is 10.2. The molecule has 0 heterocycles. The molecule has 132 valence electrons. The first-order valence-electron chi connectivity index (χ1n) is 7.65. The van der Waals surface area contributed by atoms with Crippen LogP contribution in [0.3, 0.4) is 0 Å².